The predicted molar refractivity (Wildman–Crippen MR) is 216 cm³/mol. The molecule has 0 radical (unpaired) electrons. The molecule has 0 aromatic rings. The lowest BCUT2D eigenvalue weighted by molar-refractivity contribution is -0.144. The van der Waals surface area contributed by atoms with Gasteiger partial charge in [-0.3, -0.25) is 48.3 Å². The van der Waals surface area contributed by atoms with Gasteiger partial charge in [0.05, 0.1) is 18.9 Å². The van der Waals surface area contributed by atoms with E-state index in [9.17, 15) is 53.4 Å². The van der Waals surface area contributed by atoms with Crippen LogP contribution in [0.4, 0.5) is 0 Å². The molecule has 0 aromatic heterocycles. The number of rotatable bonds is 29. The number of carbonyl (C=O) groups is 9. The molecule has 0 unspecified atom stereocenters. The Kier molecular flexibility index (Phi) is 24.6. The number of hydrogen-bond donors (Lipinski definition) is 14. The van der Waals surface area contributed by atoms with Crippen LogP contribution >= 0.6 is 0 Å². The number of carbonyl (C=O) groups excluding carboxylic acids is 6. The molecule has 0 rings (SSSR count). The fourth-order valence-electron chi connectivity index (χ4n) is 5.38. The highest BCUT2D eigenvalue weighted by molar-refractivity contribution is 5.97. The van der Waals surface area contributed by atoms with E-state index in [-0.39, 0.29) is 75.4 Å². The van der Waals surface area contributed by atoms with E-state index in [0.29, 0.717) is 0 Å². The highest BCUT2D eigenvalue weighted by atomic mass is 16.4. The molecule has 19 N–H and O–H groups in total. The van der Waals surface area contributed by atoms with E-state index >= 15 is 0 Å². The smallest absolute Gasteiger partial charge is 0.326 e. The molecule has 0 aromatic carbocycles. The number of carboxylic acid groups (broad SMARTS) is 3. The van der Waals surface area contributed by atoms with Crippen LogP contribution in [0.15, 0.2) is 9.98 Å². The second-order valence-electron chi connectivity index (χ2n) is 14.8. The number of aliphatic imine (C=N–C) groups is 2. The summed E-state index contributed by atoms with van der Waals surface area (Å²) in [5, 5.41) is 42.5. The summed E-state index contributed by atoms with van der Waals surface area (Å²) in [6.07, 6.45) is -1.50. The molecule has 0 saturated carbocycles. The third-order valence-electron chi connectivity index (χ3n) is 8.31. The molecule has 6 amide bonds. The molecule has 0 saturated heterocycles. The van der Waals surface area contributed by atoms with Gasteiger partial charge >= 0.3 is 17.9 Å². The summed E-state index contributed by atoms with van der Waals surface area (Å²) in [5.41, 5.74) is 27.0. The summed E-state index contributed by atoms with van der Waals surface area (Å²) < 4.78 is 0. The molecule has 0 aliphatic rings. The summed E-state index contributed by atoms with van der Waals surface area (Å²) in [6, 6.07) is -10.0. The number of nitrogens with one attached hydrogen (secondary N) is 6. The van der Waals surface area contributed by atoms with Gasteiger partial charge in [0, 0.05) is 13.1 Å². The molecule has 25 nitrogen and oxygen atoms in total. The molecule has 0 bridgehead atoms. The summed E-state index contributed by atoms with van der Waals surface area (Å²) >= 11 is 0. The van der Waals surface area contributed by atoms with Crippen LogP contribution in [0.3, 0.4) is 0 Å². The van der Waals surface area contributed by atoms with Crippen molar-refractivity contribution in [2.45, 2.75) is 128 Å². The van der Waals surface area contributed by atoms with Crippen molar-refractivity contribution in [1.29, 1.82) is 0 Å². The lowest BCUT2D eigenvalue weighted by atomic mass is 10.0. The van der Waals surface area contributed by atoms with Crippen LogP contribution in [0.5, 0.6) is 0 Å². The maximum absolute atomic E-state index is 13.6. The fourth-order valence-corrected chi connectivity index (χ4v) is 5.38. The Morgan fingerprint density at radius 2 is 0.850 bits per heavy atom. The van der Waals surface area contributed by atoms with Gasteiger partial charge in [0.2, 0.25) is 35.4 Å². The molecular formula is C35H63N13O12. The number of nitrogens with zero attached hydrogens (tertiary/aromatic N) is 2. The van der Waals surface area contributed by atoms with Crippen LogP contribution in [0.25, 0.3) is 0 Å². The number of amides is 6. The van der Waals surface area contributed by atoms with Crippen LogP contribution < -0.4 is 60.6 Å². The van der Waals surface area contributed by atoms with E-state index in [2.05, 4.69) is 41.9 Å². The van der Waals surface area contributed by atoms with E-state index in [1.807, 2.05) is 0 Å². The largest absolute Gasteiger partial charge is 0.481 e. The zero-order valence-electron chi connectivity index (χ0n) is 34.6. The Bertz CT molecular complexity index is 1570. The monoisotopic (exact) mass is 857 g/mol. The Labute approximate surface area is 347 Å². The van der Waals surface area contributed by atoms with Crippen molar-refractivity contribution in [3.05, 3.63) is 0 Å². The maximum Gasteiger partial charge on any atom is 0.326 e. The van der Waals surface area contributed by atoms with Gasteiger partial charge in [0.1, 0.15) is 36.3 Å². The van der Waals surface area contributed by atoms with Crippen LogP contribution in [0, 0.1) is 11.8 Å². The predicted octanol–water partition coefficient (Wildman–Crippen LogP) is -4.52. The third kappa shape index (κ3) is 23.2. The van der Waals surface area contributed by atoms with Gasteiger partial charge in [0.15, 0.2) is 11.9 Å². The molecule has 0 aliphatic heterocycles. The maximum atomic E-state index is 13.6. The van der Waals surface area contributed by atoms with Crippen LogP contribution in [0.1, 0.15) is 86.0 Å². The zero-order chi connectivity index (χ0) is 46.3. The summed E-state index contributed by atoms with van der Waals surface area (Å²) in [6.45, 7) is 8.32. The van der Waals surface area contributed by atoms with Gasteiger partial charge < -0.3 is 75.9 Å². The highest BCUT2D eigenvalue weighted by Gasteiger charge is 2.34. The van der Waals surface area contributed by atoms with Gasteiger partial charge in [-0.2, -0.15) is 0 Å². The first-order valence-corrected chi connectivity index (χ1v) is 19.2. The van der Waals surface area contributed by atoms with E-state index in [4.69, 9.17) is 33.8 Å². The van der Waals surface area contributed by atoms with Crippen molar-refractivity contribution in [3.8, 4) is 0 Å². The van der Waals surface area contributed by atoms with Crippen molar-refractivity contribution in [1.82, 2.24) is 31.9 Å². The lowest BCUT2D eigenvalue weighted by Gasteiger charge is -2.27. The van der Waals surface area contributed by atoms with E-state index in [1.54, 1.807) is 27.7 Å². The minimum atomic E-state index is -1.77. The Morgan fingerprint density at radius 1 is 0.483 bits per heavy atom. The van der Waals surface area contributed by atoms with E-state index < -0.39 is 108 Å². The Balaban J connectivity index is 6.16. The molecule has 25 heteroatoms. The Morgan fingerprint density at radius 3 is 1.27 bits per heavy atom. The first-order valence-electron chi connectivity index (χ1n) is 19.2. The number of nitrogens with two attached hydrogens (primary N) is 5. The molecule has 7 atom stereocenters. The third-order valence-corrected chi connectivity index (χ3v) is 8.31. The molecular weight excluding hydrogens is 794 g/mol. The number of hydrogen-bond acceptors (Lipinski definition) is 12. The molecule has 340 valence electrons. The van der Waals surface area contributed by atoms with Gasteiger partial charge in [0.25, 0.3) is 0 Å². The van der Waals surface area contributed by atoms with Crippen LogP contribution in [-0.4, -0.2) is 136 Å². The summed E-state index contributed by atoms with van der Waals surface area (Å²) in [7, 11) is 0. The minimum Gasteiger partial charge on any atom is -0.481 e. The molecule has 0 fully saturated rings. The van der Waals surface area contributed by atoms with E-state index in [0.717, 1.165) is 0 Å². The molecule has 0 aliphatic carbocycles. The standard InChI is InChI=1S/C35H63N13O12/c1-16(2)12-22(31(57)48-24(15-26(51)52)32(58)45-21(33(59)60)9-7-11-42-35(39)40)46-27(53)18(5)43-29(55)20(8-6-10-41-34(37)38)44-30(56)23(13-17(3)4)47-28(54)19(36)14-25(49)50/h16-24H,6-15,36H2,1-5H3,(H,43,55)(H,44,56)(H,45,58)(H,46,53)(H,47,54)(H,48,57)(H,49,50)(H,51,52)(H,59,60)(H4,37,38,41)(H4,39,40,42)/t18-,19-,20-,21-,22-,23-,24-/m0/s1. The highest BCUT2D eigenvalue weighted by Crippen LogP contribution is 2.10. The van der Waals surface area contributed by atoms with Crippen molar-refractivity contribution in [2.75, 3.05) is 13.1 Å². The van der Waals surface area contributed by atoms with Gasteiger partial charge in [-0.05, 0) is 57.3 Å². The normalized spacial score (nSPS) is 14.4. The second-order valence-corrected chi connectivity index (χ2v) is 14.8. The number of guanidine groups is 2. The average molecular weight is 858 g/mol. The van der Waals surface area contributed by atoms with Crippen molar-refractivity contribution >= 4 is 65.3 Å². The summed E-state index contributed by atoms with van der Waals surface area (Å²) in [4.78, 5) is 122. The van der Waals surface area contributed by atoms with Gasteiger partial charge in [-0.25, -0.2) is 4.79 Å². The van der Waals surface area contributed by atoms with Crippen molar-refractivity contribution in [3.63, 3.8) is 0 Å². The first-order chi connectivity index (χ1) is 27.8. The quantitative estimate of drug-likeness (QED) is 0.0191. The molecule has 0 spiro atoms. The van der Waals surface area contributed by atoms with Crippen LogP contribution in [-0.2, 0) is 43.2 Å². The summed E-state index contributed by atoms with van der Waals surface area (Å²) in [5.74, 6) is -10.7. The lowest BCUT2D eigenvalue weighted by Crippen LogP contribution is -2.59. The van der Waals surface area contributed by atoms with Crippen LogP contribution in [0.2, 0.25) is 0 Å². The number of aliphatic carboxylic acids is 3. The van der Waals surface area contributed by atoms with Crippen molar-refractivity contribution < 1.29 is 58.5 Å². The van der Waals surface area contributed by atoms with E-state index in [1.165, 1.54) is 6.92 Å². The first kappa shape index (κ1) is 53.7. The van der Waals surface area contributed by atoms with Crippen molar-refractivity contribution in [2.24, 2.45) is 50.5 Å². The molecule has 0 heterocycles. The average Bonchev–Trinajstić information content (AvgIpc) is 3.11. The fraction of sp³-hybridized carbons (Fsp3) is 0.686. The van der Waals surface area contributed by atoms with Gasteiger partial charge in [-0.1, -0.05) is 27.7 Å². The second kappa shape index (κ2) is 27.4. The topological polar surface area (TPSA) is 441 Å². The Hall–Kier alpha value is -6.27. The minimum absolute atomic E-state index is 0.0231. The van der Waals surface area contributed by atoms with Gasteiger partial charge in [-0.15, -0.1) is 0 Å². The number of carboxylic acids is 3. The molecule has 60 heavy (non-hydrogen) atoms. The zero-order valence-corrected chi connectivity index (χ0v) is 34.6. The SMILES string of the molecule is CC(C)C[C@H](NC(=O)[C@H](C)NC(=O)[C@H](CCCN=C(N)N)NC(=O)[C@H](CC(C)C)NC(=O)[C@@H](N)CC(=O)O)C(=O)N[C@@H](CC(=O)O)C(=O)N[C@@H](CCCN=C(N)N)C(=O)O.